The van der Waals surface area contributed by atoms with E-state index >= 15 is 0 Å². The molecule has 6 heteroatoms. The molecule has 0 atom stereocenters. The molecule has 0 aromatic heterocycles. The van der Waals surface area contributed by atoms with Crippen LogP contribution >= 0.6 is 0 Å². The van der Waals surface area contributed by atoms with Crippen LogP contribution in [0.4, 0.5) is 4.79 Å². The zero-order valence-corrected chi connectivity index (χ0v) is 14.7. The number of hydrogen-bond acceptors (Lipinski definition) is 4. The van der Waals surface area contributed by atoms with E-state index in [4.69, 9.17) is 10.2 Å². The third-order valence-corrected chi connectivity index (χ3v) is 2.48. The minimum atomic E-state index is -0.770. The molecule has 1 heterocycles. The molecule has 1 saturated heterocycles. The van der Waals surface area contributed by atoms with Gasteiger partial charge in [-0.2, -0.15) is 0 Å². The van der Waals surface area contributed by atoms with Gasteiger partial charge in [-0.05, 0) is 33.1 Å². The molecular formula is C15H34N2O4. The molecule has 0 aromatic carbocycles. The quantitative estimate of drug-likeness (QED) is 0.536. The highest BCUT2D eigenvalue weighted by atomic mass is 16.3. The molecule has 0 aliphatic carbocycles. The number of nitrogens with one attached hydrogen (secondary N) is 1. The van der Waals surface area contributed by atoms with Crippen LogP contribution < -0.4 is 5.32 Å². The summed E-state index contributed by atoms with van der Waals surface area (Å²) in [6, 6.07) is -0.311. The van der Waals surface area contributed by atoms with E-state index < -0.39 is 5.54 Å². The Morgan fingerprint density at radius 3 is 1.81 bits per heavy atom. The smallest absolute Gasteiger partial charge is 0.325 e. The molecule has 0 spiro atoms. The number of amides is 3. The van der Waals surface area contributed by atoms with Crippen molar-refractivity contribution in [1.29, 1.82) is 0 Å². The lowest BCUT2D eigenvalue weighted by atomic mass is 10.1. The first-order chi connectivity index (χ1) is 9.99. The Bertz CT molecular complexity index is 268. The van der Waals surface area contributed by atoms with E-state index in [1.807, 2.05) is 27.7 Å². The summed E-state index contributed by atoms with van der Waals surface area (Å²) in [7, 11) is 1.00. The second-order valence-electron chi connectivity index (χ2n) is 4.30. The predicted molar refractivity (Wildman–Crippen MR) is 86.1 cm³/mol. The Balaban J connectivity index is -0.000000478. The SMILES string of the molecule is CC.CC.CC1(C)NC(=O)N(CCCCCO)C1=O.CO. The number of urea groups is 1. The lowest BCUT2D eigenvalue weighted by Gasteiger charge is -2.15. The van der Waals surface area contributed by atoms with Gasteiger partial charge < -0.3 is 15.5 Å². The molecule has 1 aliphatic rings. The molecule has 21 heavy (non-hydrogen) atoms. The van der Waals surface area contributed by atoms with Crippen molar-refractivity contribution >= 4 is 11.9 Å². The van der Waals surface area contributed by atoms with E-state index in [1.165, 1.54) is 4.90 Å². The molecule has 0 unspecified atom stereocenters. The van der Waals surface area contributed by atoms with Gasteiger partial charge in [0.25, 0.3) is 5.91 Å². The summed E-state index contributed by atoms with van der Waals surface area (Å²) in [4.78, 5) is 24.4. The Kier molecular flexibility index (Phi) is 18.0. The summed E-state index contributed by atoms with van der Waals surface area (Å²) in [5, 5.41) is 18.2. The maximum atomic E-state index is 11.7. The Labute approximate surface area is 129 Å². The van der Waals surface area contributed by atoms with E-state index in [2.05, 4.69) is 5.32 Å². The summed E-state index contributed by atoms with van der Waals surface area (Å²) in [5.41, 5.74) is -0.770. The van der Waals surface area contributed by atoms with Gasteiger partial charge in [0.1, 0.15) is 5.54 Å². The molecule has 128 valence electrons. The fourth-order valence-corrected chi connectivity index (χ4v) is 1.58. The maximum absolute atomic E-state index is 11.7. The number of aliphatic hydroxyl groups is 2. The van der Waals surface area contributed by atoms with Crippen LogP contribution in [0.3, 0.4) is 0 Å². The van der Waals surface area contributed by atoms with Gasteiger partial charge in [-0.3, -0.25) is 9.69 Å². The van der Waals surface area contributed by atoms with Crippen LogP contribution in [0.15, 0.2) is 0 Å². The number of aliphatic hydroxyl groups excluding tert-OH is 2. The van der Waals surface area contributed by atoms with Crippen LogP contribution in [0.1, 0.15) is 60.8 Å². The molecule has 1 fully saturated rings. The predicted octanol–water partition coefficient (Wildman–Crippen LogP) is 2.14. The summed E-state index contributed by atoms with van der Waals surface area (Å²) in [6.45, 7) is 12.0. The first kappa shape index (κ1) is 24.9. The zero-order chi connectivity index (χ0) is 17.5. The van der Waals surface area contributed by atoms with Crippen molar-refractivity contribution in [2.75, 3.05) is 20.3 Å². The summed E-state index contributed by atoms with van der Waals surface area (Å²) in [6.07, 6.45) is 2.29. The number of nitrogens with zero attached hydrogens (tertiary/aromatic N) is 1. The molecule has 1 aliphatic heterocycles. The van der Waals surface area contributed by atoms with Crippen molar-refractivity contribution in [3.63, 3.8) is 0 Å². The van der Waals surface area contributed by atoms with Crippen LogP contribution in [-0.2, 0) is 4.79 Å². The highest BCUT2D eigenvalue weighted by molar-refractivity contribution is 6.06. The fourth-order valence-electron chi connectivity index (χ4n) is 1.58. The molecule has 1 rings (SSSR count). The van der Waals surface area contributed by atoms with E-state index in [1.54, 1.807) is 13.8 Å². The van der Waals surface area contributed by atoms with Gasteiger partial charge in [0.05, 0.1) is 0 Å². The van der Waals surface area contributed by atoms with Crippen molar-refractivity contribution in [2.24, 2.45) is 0 Å². The van der Waals surface area contributed by atoms with Gasteiger partial charge >= 0.3 is 6.03 Å². The summed E-state index contributed by atoms with van der Waals surface area (Å²) >= 11 is 0. The van der Waals surface area contributed by atoms with Crippen LogP contribution in [0, 0.1) is 0 Å². The molecule has 0 radical (unpaired) electrons. The second kappa shape index (κ2) is 15.3. The summed E-state index contributed by atoms with van der Waals surface area (Å²) < 4.78 is 0. The average Bonchev–Trinajstić information content (AvgIpc) is 2.71. The summed E-state index contributed by atoms with van der Waals surface area (Å²) in [5.74, 6) is -0.170. The Morgan fingerprint density at radius 1 is 1.00 bits per heavy atom. The van der Waals surface area contributed by atoms with Gasteiger partial charge in [0.15, 0.2) is 0 Å². The van der Waals surface area contributed by atoms with Crippen molar-refractivity contribution < 1.29 is 19.8 Å². The van der Waals surface area contributed by atoms with Gasteiger partial charge in [-0.25, -0.2) is 4.79 Å². The second-order valence-corrected chi connectivity index (χ2v) is 4.30. The molecule has 3 amide bonds. The van der Waals surface area contributed by atoms with Gasteiger partial charge in [0, 0.05) is 20.3 Å². The Hall–Kier alpha value is -1.14. The highest BCUT2D eigenvalue weighted by Gasteiger charge is 2.43. The lowest BCUT2D eigenvalue weighted by molar-refractivity contribution is -0.130. The molecule has 0 aromatic rings. The number of imide groups is 1. The van der Waals surface area contributed by atoms with Crippen molar-refractivity contribution in [2.45, 2.75) is 66.3 Å². The van der Waals surface area contributed by atoms with E-state index in [-0.39, 0.29) is 18.5 Å². The van der Waals surface area contributed by atoms with Crippen LogP contribution in [0.25, 0.3) is 0 Å². The standard InChI is InChI=1S/C10H18N2O3.2C2H6.CH4O/c1-10(2)8(14)12(9(15)11-10)6-4-3-5-7-13;3*1-2/h13H,3-7H2,1-2H3,(H,11,15);2*1-2H3;2H,1H3. The lowest BCUT2D eigenvalue weighted by Crippen LogP contribution is -2.40. The minimum absolute atomic E-state index is 0.158. The van der Waals surface area contributed by atoms with Gasteiger partial charge in [0.2, 0.25) is 0 Å². The average molecular weight is 306 g/mol. The number of unbranched alkanes of at least 4 members (excludes halogenated alkanes) is 2. The normalized spacial score (nSPS) is 14.8. The largest absolute Gasteiger partial charge is 0.400 e. The fraction of sp³-hybridized carbons (Fsp3) is 0.867. The van der Waals surface area contributed by atoms with Crippen molar-refractivity contribution in [1.82, 2.24) is 10.2 Å². The number of carbonyl (C=O) groups is 2. The van der Waals surface area contributed by atoms with Crippen LogP contribution in [-0.4, -0.2) is 52.9 Å². The molecule has 3 N–H and O–H groups in total. The van der Waals surface area contributed by atoms with Crippen molar-refractivity contribution in [3.8, 4) is 0 Å². The zero-order valence-electron chi connectivity index (χ0n) is 14.7. The molecular weight excluding hydrogens is 272 g/mol. The topological polar surface area (TPSA) is 89.9 Å². The Morgan fingerprint density at radius 2 is 1.48 bits per heavy atom. The van der Waals surface area contributed by atoms with Crippen LogP contribution in [0.5, 0.6) is 0 Å². The first-order valence-electron chi connectivity index (χ1n) is 7.69. The van der Waals surface area contributed by atoms with Crippen molar-refractivity contribution in [3.05, 3.63) is 0 Å². The van der Waals surface area contributed by atoms with Gasteiger partial charge in [-0.1, -0.05) is 27.7 Å². The van der Waals surface area contributed by atoms with E-state index in [0.717, 1.165) is 20.0 Å². The third-order valence-electron chi connectivity index (χ3n) is 2.48. The van der Waals surface area contributed by atoms with E-state index in [9.17, 15) is 9.59 Å². The monoisotopic (exact) mass is 306 g/mol. The molecule has 6 nitrogen and oxygen atoms in total. The van der Waals surface area contributed by atoms with Gasteiger partial charge in [-0.15, -0.1) is 0 Å². The number of carbonyl (C=O) groups excluding carboxylic acids is 2. The number of hydrogen-bond donors (Lipinski definition) is 3. The van der Waals surface area contributed by atoms with Crippen LogP contribution in [0.2, 0.25) is 0 Å². The molecule has 0 bridgehead atoms. The first-order valence-corrected chi connectivity index (χ1v) is 7.69. The minimum Gasteiger partial charge on any atom is -0.400 e. The third kappa shape index (κ3) is 9.42. The van der Waals surface area contributed by atoms with E-state index in [0.29, 0.717) is 13.0 Å². The number of rotatable bonds is 5. The molecule has 0 saturated carbocycles. The highest BCUT2D eigenvalue weighted by Crippen LogP contribution is 2.17. The maximum Gasteiger partial charge on any atom is 0.325 e.